The number of hydrogen-bond acceptors (Lipinski definition) is 5. The predicted octanol–water partition coefficient (Wildman–Crippen LogP) is 4.51. The highest BCUT2D eigenvalue weighted by Gasteiger charge is 2.14. The van der Waals surface area contributed by atoms with Gasteiger partial charge in [0.2, 0.25) is 10.0 Å². The molecule has 1 amide bonds. The van der Waals surface area contributed by atoms with Crippen molar-refractivity contribution in [1.82, 2.24) is 5.16 Å². The molecule has 8 heteroatoms. The molecule has 0 fully saturated rings. The van der Waals surface area contributed by atoms with Gasteiger partial charge in [0.05, 0.1) is 11.1 Å². The number of carbonyl (C=O) groups excluding carboxylic acids is 1. The third-order valence-corrected chi connectivity index (χ3v) is 5.88. The molecular weight excluding hydrogens is 402 g/mol. The second-order valence-corrected chi connectivity index (χ2v) is 8.66. The first-order chi connectivity index (χ1) is 14.4. The molecule has 4 rings (SSSR count). The summed E-state index contributed by atoms with van der Waals surface area (Å²) in [6, 6.07) is 21.2. The molecule has 3 aromatic carbocycles. The molecule has 0 spiro atoms. The predicted molar refractivity (Wildman–Crippen MR) is 117 cm³/mol. The summed E-state index contributed by atoms with van der Waals surface area (Å²) >= 11 is 0. The third kappa shape index (κ3) is 4.18. The molecule has 0 aliphatic heterocycles. The zero-order valence-corrected chi connectivity index (χ0v) is 16.9. The van der Waals surface area contributed by atoms with Crippen LogP contribution in [0.2, 0.25) is 0 Å². The standard InChI is InChI=1S/C22H19N3O4S/c1-2-30(27,28)25-18-11-9-17(10-12-18)23-22(26)16-8-13-20-19(14-16)21(29-24-20)15-6-4-3-5-7-15/h3-14,25H,2H2,1H3,(H,23,26). The van der Waals surface area contributed by atoms with Crippen molar-refractivity contribution in [2.45, 2.75) is 6.92 Å². The molecule has 1 aromatic heterocycles. The maximum absolute atomic E-state index is 12.7. The first kappa shape index (κ1) is 19.7. The number of rotatable bonds is 6. The van der Waals surface area contributed by atoms with E-state index in [9.17, 15) is 13.2 Å². The molecule has 2 N–H and O–H groups in total. The highest BCUT2D eigenvalue weighted by molar-refractivity contribution is 7.92. The van der Waals surface area contributed by atoms with Crippen LogP contribution in [0.15, 0.2) is 77.3 Å². The molecule has 152 valence electrons. The third-order valence-electron chi connectivity index (χ3n) is 4.57. The van der Waals surface area contributed by atoms with Gasteiger partial charge in [-0.3, -0.25) is 9.52 Å². The number of aromatic nitrogens is 1. The fourth-order valence-corrected chi connectivity index (χ4v) is 3.60. The fraction of sp³-hybridized carbons (Fsp3) is 0.0909. The Bertz CT molecular complexity index is 1300. The Morgan fingerprint density at radius 3 is 2.37 bits per heavy atom. The van der Waals surface area contributed by atoms with Crippen LogP contribution < -0.4 is 10.0 Å². The van der Waals surface area contributed by atoms with Crippen LogP contribution in [0.1, 0.15) is 17.3 Å². The number of amides is 1. The number of nitrogens with zero attached hydrogens (tertiary/aromatic N) is 1. The lowest BCUT2D eigenvalue weighted by molar-refractivity contribution is 0.102. The van der Waals surface area contributed by atoms with E-state index < -0.39 is 10.0 Å². The van der Waals surface area contributed by atoms with E-state index in [1.165, 1.54) is 0 Å². The second kappa shape index (κ2) is 8.00. The smallest absolute Gasteiger partial charge is 0.255 e. The van der Waals surface area contributed by atoms with Crippen LogP contribution in [0.25, 0.3) is 22.2 Å². The number of hydrogen-bond donors (Lipinski definition) is 2. The summed E-state index contributed by atoms with van der Waals surface area (Å²) in [4.78, 5) is 12.7. The van der Waals surface area contributed by atoms with Gasteiger partial charge in [-0.05, 0) is 49.4 Å². The van der Waals surface area contributed by atoms with Crippen LogP contribution in [-0.4, -0.2) is 25.2 Å². The van der Waals surface area contributed by atoms with E-state index in [2.05, 4.69) is 15.2 Å². The van der Waals surface area contributed by atoms with E-state index in [0.29, 0.717) is 28.2 Å². The number of fused-ring (bicyclic) bond motifs is 1. The first-order valence-corrected chi connectivity index (χ1v) is 11.0. The Labute approximate surface area is 173 Å². The average Bonchev–Trinajstić information content (AvgIpc) is 3.19. The van der Waals surface area contributed by atoms with Crippen molar-refractivity contribution in [2.75, 3.05) is 15.8 Å². The van der Waals surface area contributed by atoms with E-state index in [0.717, 1.165) is 10.9 Å². The fourth-order valence-electron chi connectivity index (χ4n) is 2.96. The molecule has 0 unspecified atom stereocenters. The number of nitrogens with one attached hydrogen (secondary N) is 2. The van der Waals surface area contributed by atoms with E-state index in [4.69, 9.17) is 4.52 Å². The maximum atomic E-state index is 12.7. The van der Waals surface area contributed by atoms with E-state index in [1.54, 1.807) is 49.4 Å². The lowest BCUT2D eigenvalue weighted by Crippen LogP contribution is -2.15. The molecule has 4 aromatic rings. The highest BCUT2D eigenvalue weighted by atomic mass is 32.2. The van der Waals surface area contributed by atoms with Crippen LogP contribution in [-0.2, 0) is 10.0 Å². The summed E-state index contributed by atoms with van der Waals surface area (Å²) in [5.41, 5.74) is 2.99. The quantitative estimate of drug-likeness (QED) is 0.477. The van der Waals surface area contributed by atoms with Gasteiger partial charge in [0.1, 0.15) is 5.52 Å². The van der Waals surface area contributed by atoms with Gasteiger partial charge >= 0.3 is 0 Å². The molecule has 0 atom stereocenters. The molecule has 30 heavy (non-hydrogen) atoms. The highest BCUT2D eigenvalue weighted by Crippen LogP contribution is 2.29. The van der Waals surface area contributed by atoms with Crippen molar-refractivity contribution in [3.8, 4) is 11.3 Å². The summed E-state index contributed by atoms with van der Waals surface area (Å²) in [6.07, 6.45) is 0. The molecule has 0 aliphatic rings. The summed E-state index contributed by atoms with van der Waals surface area (Å²) in [6.45, 7) is 1.56. The van der Waals surface area contributed by atoms with Crippen LogP contribution >= 0.6 is 0 Å². The molecule has 0 saturated heterocycles. The lowest BCUT2D eigenvalue weighted by atomic mass is 10.1. The van der Waals surface area contributed by atoms with Crippen molar-refractivity contribution in [2.24, 2.45) is 0 Å². The molecule has 1 heterocycles. The Morgan fingerprint density at radius 2 is 1.67 bits per heavy atom. The van der Waals surface area contributed by atoms with Gasteiger partial charge in [-0.2, -0.15) is 0 Å². The Hall–Kier alpha value is -3.65. The Morgan fingerprint density at radius 1 is 0.967 bits per heavy atom. The van der Waals surface area contributed by atoms with E-state index in [-0.39, 0.29) is 11.7 Å². The first-order valence-electron chi connectivity index (χ1n) is 9.32. The Kier molecular flexibility index (Phi) is 5.24. The van der Waals surface area contributed by atoms with Crippen LogP contribution in [0.3, 0.4) is 0 Å². The van der Waals surface area contributed by atoms with Gasteiger partial charge in [0.15, 0.2) is 5.76 Å². The topological polar surface area (TPSA) is 101 Å². The summed E-state index contributed by atoms with van der Waals surface area (Å²) in [7, 11) is -3.35. The monoisotopic (exact) mass is 421 g/mol. The van der Waals surface area contributed by atoms with Crippen molar-refractivity contribution in [3.05, 3.63) is 78.4 Å². The zero-order valence-electron chi connectivity index (χ0n) is 16.1. The van der Waals surface area contributed by atoms with Gasteiger partial charge in [-0.15, -0.1) is 0 Å². The van der Waals surface area contributed by atoms with Crippen molar-refractivity contribution >= 4 is 38.2 Å². The number of carbonyl (C=O) groups is 1. The van der Waals surface area contributed by atoms with Crippen LogP contribution in [0.4, 0.5) is 11.4 Å². The minimum absolute atomic E-state index is 0.0121. The van der Waals surface area contributed by atoms with E-state index >= 15 is 0 Å². The number of sulfonamides is 1. The Balaban J connectivity index is 1.55. The largest absolute Gasteiger partial charge is 0.355 e. The maximum Gasteiger partial charge on any atom is 0.255 e. The van der Waals surface area contributed by atoms with Crippen LogP contribution in [0.5, 0.6) is 0 Å². The van der Waals surface area contributed by atoms with E-state index in [1.807, 2.05) is 30.3 Å². The summed E-state index contributed by atoms with van der Waals surface area (Å²) < 4.78 is 31.2. The SMILES string of the molecule is CCS(=O)(=O)Nc1ccc(NC(=O)c2ccc3noc(-c4ccccc4)c3c2)cc1. The van der Waals surface area contributed by atoms with Gasteiger partial charge in [-0.1, -0.05) is 35.5 Å². The molecule has 7 nitrogen and oxygen atoms in total. The normalized spacial score (nSPS) is 11.4. The summed E-state index contributed by atoms with van der Waals surface area (Å²) in [5, 5.41) is 7.62. The number of anilines is 2. The minimum atomic E-state index is -3.35. The minimum Gasteiger partial charge on any atom is -0.355 e. The molecule has 0 aliphatic carbocycles. The van der Waals surface area contributed by atoms with Gasteiger partial charge in [0, 0.05) is 22.5 Å². The molecule has 0 bridgehead atoms. The molecular formula is C22H19N3O4S. The van der Waals surface area contributed by atoms with Crippen molar-refractivity contribution in [1.29, 1.82) is 0 Å². The van der Waals surface area contributed by atoms with Crippen molar-refractivity contribution in [3.63, 3.8) is 0 Å². The number of benzene rings is 3. The lowest BCUT2D eigenvalue weighted by Gasteiger charge is -2.08. The molecule has 0 radical (unpaired) electrons. The van der Waals surface area contributed by atoms with Gasteiger partial charge < -0.3 is 9.84 Å². The van der Waals surface area contributed by atoms with Crippen LogP contribution in [0, 0.1) is 0 Å². The summed E-state index contributed by atoms with van der Waals surface area (Å²) in [5.74, 6) is 0.300. The zero-order chi connectivity index (χ0) is 21.1. The van der Waals surface area contributed by atoms with Gasteiger partial charge in [0.25, 0.3) is 5.91 Å². The van der Waals surface area contributed by atoms with Gasteiger partial charge in [-0.25, -0.2) is 8.42 Å². The molecule has 0 saturated carbocycles. The second-order valence-electron chi connectivity index (χ2n) is 6.65. The average molecular weight is 421 g/mol. The van der Waals surface area contributed by atoms with Crippen molar-refractivity contribution < 1.29 is 17.7 Å².